The van der Waals surface area contributed by atoms with Crippen LogP contribution in [0.2, 0.25) is 0 Å². The number of aromatic nitrogens is 3. The van der Waals surface area contributed by atoms with E-state index >= 15 is 0 Å². The highest BCUT2D eigenvalue weighted by Crippen LogP contribution is 2.39. The highest BCUT2D eigenvalue weighted by molar-refractivity contribution is 5.74. The van der Waals surface area contributed by atoms with Crippen molar-refractivity contribution in [3.05, 3.63) is 24.0 Å². The van der Waals surface area contributed by atoms with E-state index in [1.54, 1.807) is 0 Å². The molecule has 2 aliphatic rings. The molecule has 2 aliphatic carbocycles. The van der Waals surface area contributed by atoms with Crippen LogP contribution in [0.3, 0.4) is 0 Å². The second kappa shape index (κ2) is 5.22. The largest absolute Gasteiger partial charge is 0.351 e. The van der Waals surface area contributed by atoms with E-state index in [1.165, 1.54) is 18.5 Å². The van der Waals surface area contributed by atoms with Crippen LogP contribution in [-0.2, 0) is 0 Å². The summed E-state index contributed by atoms with van der Waals surface area (Å²) in [4.78, 5) is 13.7. The molecule has 110 valence electrons. The summed E-state index contributed by atoms with van der Waals surface area (Å²) in [6.07, 6.45) is 8.73. The molecule has 4 rings (SSSR count). The van der Waals surface area contributed by atoms with Gasteiger partial charge in [0, 0.05) is 35.3 Å². The van der Waals surface area contributed by atoms with Crippen LogP contribution < -0.4 is 11.1 Å². The van der Waals surface area contributed by atoms with Gasteiger partial charge < -0.3 is 11.1 Å². The van der Waals surface area contributed by atoms with E-state index in [9.17, 15) is 0 Å². The van der Waals surface area contributed by atoms with Gasteiger partial charge in [0.25, 0.3) is 0 Å². The maximum Gasteiger partial charge on any atom is 0.224 e. The highest BCUT2D eigenvalue weighted by atomic mass is 15.1. The Kier molecular flexibility index (Phi) is 3.22. The third-order valence-corrected chi connectivity index (χ3v) is 4.57. The van der Waals surface area contributed by atoms with Crippen LogP contribution in [0.1, 0.15) is 50.1 Å². The Labute approximate surface area is 124 Å². The predicted molar refractivity (Wildman–Crippen MR) is 83.2 cm³/mol. The minimum absolute atomic E-state index is 0.364. The summed E-state index contributed by atoms with van der Waals surface area (Å²) in [6, 6.07) is 5.00. The minimum Gasteiger partial charge on any atom is -0.351 e. The third-order valence-electron chi connectivity index (χ3n) is 4.57. The van der Waals surface area contributed by atoms with Crippen molar-refractivity contribution in [2.75, 3.05) is 5.32 Å². The van der Waals surface area contributed by atoms with Gasteiger partial charge in [-0.15, -0.1) is 0 Å². The van der Waals surface area contributed by atoms with E-state index in [1.807, 2.05) is 6.20 Å². The maximum absolute atomic E-state index is 5.95. The van der Waals surface area contributed by atoms with E-state index in [-0.39, 0.29) is 0 Å². The van der Waals surface area contributed by atoms with Gasteiger partial charge in [0.2, 0.25) is 5.95 Å². The second-order valence-corrected chi connectivity index (χ2v) is 6.37. The maximum atomic E-state index is 5.95. The lowest BCUT2D eigenvalue weighted by atomic mass is 9.92. The van der Waals surface area contributed by atoms with Crippen molar-refractivity contribution < 1.29 is 0 Å². The molecule has 2 heterocycles. The smallest absolute Gasteiger partial charge is 0.224 e. The summed E-state index contributed by atoms with van der Waals surface area (Å²) in [5.74, 6) is 1.35. The molecule has 0 unspecified atom stereocenters. The molecular formula is C16H21N5. The van der Waals surface area contributed by atoms with Crippen molar-refractivity contribution in [3.63, 3.8) is 0 Å². The van der Waals surface area contributed by atoms with Crippen molar-refractivity contribution in [3.8, 4) is 0 Å². The first-order valence-electron chi connectivity index (χ1n) is 7.94. The predicted octanol–water partition coefficient (Wildman–Crippen LogP) is 2.58. The van der Waals surface area contributed by atoms with Gasteiger partial charge in [-0.3, -0.25) is 0 Å². The Morgan fingerprint density at radius 3 is 2.57 bits per heavy atom. The summed E-state index contributed by atoms with van der Waals surface area (Å²) in [7, 11) is 0. The lowest BCUT2D eigenvalue weighted by molar-refractivity contribution is 0.410. The summed E-state index contributed by atoms with van der Waals surface area (Å²) in [6.45, 7) is 0. The number of hydrogen-bond acceptors (Lipinski definition) is 5. The van der Waals surface area contributed by atoms with Crippen molar-refractivity contribution in [1.29, 1.82) is 0 Å². The Morgan fingerprint density at radius 1 is 1.00 bits per heavy atom. The first-order valence-corrected chi connectivity index (χ1v) is 7.94. The molecule has 2 saturated carbocycles. The molecule has 2 aromatic heterocycles. The molecule has 0 radical (unpaired) electrons. The first-order chi connectivity index (χ1) is 10.3. The number of anilines is 1. The monoisotopic (exact) mass is 283 g/mol. The molecule has 5 heteroatoms. The lowest BCUT2D eigenvalue weighted by Crippen LogP contribution is -2.33. The molecule has 0 amide bonds. The van der Waals surface area contributed by atoms with Crippen LogP contribution in [0.15, 0.2) is 18.3 Å². The molecule has 5 nitrogen and oxygen atoms in total. The molecule has 2 fully saturated rings. The fourth-order valence-corrected chi connectivity index (χ4v) is 3.05. The van der Waals surface area contributed by atoms with Crippen LogP contribution in [0, 0.1) is 0 Å². The molecule has 3 N–H and O–H groups in total. The average molecular weight is 283 g/mol. The first kappa shape index (κ1) is 13.0. The zero-order valence-electron chi connectivity index (χ0n) is 12.1. The fraction of sp³-hybridized carbons (Fsp3) is 0.562. The number of nitrogens with zero attached hydrogens (tertiary/aromatic N) is 3. The van der Waals surface area contributed by atoms with Gasteiger partial charge in [-0.2, -0.15) is 4.98 Å². The molecular weight excluding hydrogens is 262 g/mol. The highest BCUT2D eigenvalue weighted by Gasteiger charge is 2.25. The lowest BCUT2D eigenvalue weighted by Gasteiger charge is -2.26. The third kappa shape index (κ3) is 2.83. The van der Waals surface area contributed by atoms with Crippen LogP contribution in [0.5, 0.6) is 0 Å². The Bertz CT molecular complexity index is 644. The topological polar surface area (TPSA) is 76.7 Å². The van der Waals surface area contributed by atoms with Crippen molar-refractivity contribution >= 4 is 17.0 Å². The van der Waals surface area contributed by atoms with Gasteiger partial charge in [0.05, 0.1) is 0 Å². The van der Waals surface area contributed by atoms with Gasteiger partial charge in [-0.1, -0.05) is 0 Å². The zero-order valence-corrected chi connectivity index (χ0v) is 12.1. The van der Waals surface area contributed by atoms with Crippen molar-refractivity contribution in [2.24, 2.45) is 5.73 Å². The Morgan fingerprint density at radius 2 is 1.81 bits per heavy atom. The van der Waals surface area contributed by atoms with Gasteiger partial charge in [0.1, 0.15) is 0 Å². The molecule has 0 aliphatic heterocycles. The standard InChI is InChI=1S/C16H21N5/c17-12-4-6-13(7-5-12)19-16-18-9-11-3-8-14(10-1-2-10)20-15(11)21-16/h3,8-10,12-13H,1-2,4-7,17H2,(H,18,19,20,21). The summed E-state index contributed by atoms with van der Waals surface area (Å²) < 4.78 is 0. The quantitative estimate of drug-likeness (QED) is 0.905. The Balaban J connectivity index is 1.54. The number of rotatable bonds is 3. The van der Waals surface area contributed by atoms with Crippen LogP contribution in [0.25, 0.3) is 11.0 Å². The zero-order chi connectivity index (χ0) is 14.2. The number of pyridine rings is 1. The molecule has 2 aromatic rings. The van der Waals surface area contributed by atoms with Crippen LogP contribution in [0.4, 0.5) is 5.95 Å². The van der Waals surface area contributed by atoms with Gasteiger partial charge in [0.15, 0.2) is 5.65 Å². The number of nitrogens with two attached hydrogens (primary N) is 1. The van der Waals surface area contributed by atoms with Gasteiger partial charge >= 0.3 is 0 Å². The number of hydrogen-bond donors (Lipinski definition) is 2. The minimum atomic E-state index is 0.364. The van der Waals surface area contributed by atoms with E-state index in [2.05, 4.69) is 27.4 Å². The van der Waals surface area contributed by atoms with Crippen molar-refractivity contribution in [1.82, 2.24) is 15.0 Å². The summed E-state index contributed by atoms with van der Waals surface area (Å²) in [5.41, 5.74) is 7.93. The Hall–Kier alpha value is -1.75. The molecule has 0 spiro atoms. The van der Waals surface area contributed by atoms with Crippen LogP contribution >= 0.6 is 0 Å². The number of nitrogens with one attached hydrogen (secondary N) is 1. The SMILES string of the molecule is NC1CCC(Nc2ncc3ccc(C4CC4)nc3n2)CC1. The molecule has 0 saturated heterocycles. The van der Waals surface area contributed by atoms with Crippen LogP contribution in [-0.4, -0.2) is 27.0 Å². The van der Waals surface area contributed by atoms with E-state index < -0.39 is 0 Å². The number of fused-ring (bicyclic) bond motifs is 1. The summed E-state index contributed by atoms with van der Waals surface area (Å²) in [5, 5.41) is 4.45. The van der Waals surface area contributed by atoms with Crippen molar-refractivity contribution in [2.45, 2.75) is 56.5 Å². The molecule has 0 bridgehead atoms. The van der Waals surface area contributed by atoms with Gasteiger partial charge in [-0.25, -0.2) is 9.97 Å². The molecule has 0 aromatic carbocycles. The van der Waals surface area contributed by atoms with E-state index in [0.29, 0.717) is 23.9 Å². The second-order valence-electron chi connectivity index (χ2n) is 6.37. The molecule has 0 atom stereocenters. The van der Waals surface area contributed by atoms with Gasteiger partial charge in [-0.05, 0) is 50.7 Å². The van der Waals surface area contributed by atoms with E-state index in [4.69, 9.17) is 10.7 Å². The molecule has 21 heavy (non-hydrogen) atoms. The summed E-state index contributed by atoms with van der Waals surface area (Å²) >= 11 is 0. The van der Waals surface area contributed by atoms with E-state index in [0.717, 1.165) is 36.7 Å². The normalized spacial score (nSPS) is 26.0. The fourth-order valence-electron chi connectivity index (χ4n) is 3.05. The average Bonchev–Trinajstić information content (AvgIpc) is 3.34.